The van der Waals surface area contributed by atoms with Crippen LogP contribution in [0.25, 0.3) is 0 Å². The van der Waals surface area contributed by atoms with E-state index in [4.69, 9.17) is 0 Å². The Kier molecular flexibility index (Phi) is 5.79. The first-order chi connectivity index (χ1) is 4.70. The van der Waals surface area contributed by atoms with E-state index in [2.05, 4.69) is 15.9 Å². The van der Waals surface area contributed by atoms with Crippen LogP contribution in [0.3, 0.4) is 0 Å². The molecule has 0 spiro atoms. The average Bonchev–Trinajstić information content (AvgIpc) is 1.88. The molecule has 0 fully saturated rings. The zero-order chi connectivity index (χ0) is 7.56. The molecule has 0 aromatic heterocycles. The van der Waals surface area contributed by atoms with Crippen LogP contribution in [0.5, 0.6) is 0 Å². The molecule has 0 saturated heterocycles. The van der Waals surface area contributed by atoms with Crippen LogP contribution in [0, 0.1) is 0 Å². The van der Waals surface area contributed by atoms with E-state index >= 15 is 0 Å². The van der Waals surface area contributed by atoms with Gasteiger partial charge in [-0.15, -0.1) is 0 Å². The first kappa shape index (κ1) is 11.8. The molecule has 0 heterocycles. The molecule has 1 rings (SSSR count). The fourth-order valence-electron chi connectivity index (χ4n) is 0.563. The van der Waals surface area contributed by atoms with Crippen LogP contribution in [0.15, 0.2) is 28.7 Å². The SMILES string of the molecule is O=[P+]([O-])c1ccc(Br)cc1.[Na+]. The summed E-state index contributed by atoms with van der Waals surface area (Å²) in [7, 11) is -2.43. The van der Waals surface area contributed by atoms with Crippen molar-refractivity contribution in [1.29, 1.82) is 0 Å². The summed E-state index contributed by atoms with van der Waals surface area (Å²) in [6, 6.07) is 6.49. The second-order valence-electron chi connectivity index (χ2n) is 1.73. The maximum Gasteiger partial charge on any atom is 1.00 e. The van der Waals surface area contributed by atoms with Crippen LogP contribution in [0.1, 0.15) is 0 Å². The van der Waals surface area contributed by atoms with E-state index in [0.717, 1.165) is 4.47 Å². The van der Waals surface area contributed by atoms with E-state index in [9.17, 15) is 9.46 Å². The molecule has 1 aromatic rings. The first-order valence-corrected chi connectivity index (χ1v) is 4.57. The van der Waals surface area contributed by atoms with Gasteiger partial charge in [-0.2, -0.15) is 0 Å². The molecule has 0 saturated carbocycles. The third kappa shape index (κ3) is 3.79. The zero-order valence-electron chi connectivity index (χ0n) is 5.95. The van der Waals surface area contributed by atoms with Gasteiger partial charge in [0.2, 0.25) is 0 Å². The number of hydrogen-bond donors (Lipinski definition) is 0. The van der Waals surface area contributed by atoms with Gasteiger partial charge in [0.05, 0.1) is 0 Å². The van der Waals surface area contributed by atoms with Gasteiger partial charge in [0.15, 0.2) is 5.30 Å². The van der Waals surface area contributed by atoms with Gasteiger partial charge < -0.3 is 4.89 Å². The van der Waals surface area contributed by atoms with Gasteiger partial charge in [0, 0.05) is 4.47 Å². The predicted molar refractivity (Wildman–Crippen MR) is 41.4 cm³/mol. The summed E-state index contributed by atoms with van der Waals surface area (Å²) < 4.78 is 11.2. The summed E-state index contributed by atoms with van der Waals surface area (Å²) in [4.78, 5) is 10.3. The maximum absolute atomic E-state index is 10.3. The average molecular weight is 242 g/mol. The van der Waals surface area contributed by atoms with Gasteiger partial charge in [-0.3, -0.25) is 0 Å². The predicted octanol–water partition coefficient (Wildman–Crippen LogP) is -1.82. The zero-order valence-corrected chi connectivity index (χ0v) is 10.4. The molecule has 0 N–H and O–H groups in total. The summed E-state index contributed by atoms with van der Waals surface area (Å²) in [6.45, 7) is 0. The topological polar surface area (TPSA) is 40.1 Å². The minimum atomic E-state index is -2.43. The molecule has 0 aliphatic carbocycles. The van der Waals surface area contributed by atoms with Gasteiger partial charge in [0.25, 0.3) is 0 Å². The summed E-state index contributed by atoms with van der Waals surface area (Å²) >= 11 is 3.20. The van der Waals surface area contributed by atoms with Crippen LogP contribution in [-0.4, -0.2) is 0 Å². The Bertz CT molecular complexity index is 249. The molecule has 1 unspecified atom stereocenters. The molecule has 52 valence electrons. The molecule has 5 heteroatoms. The smallest absolute Gasteiger partial charge is 0.591 e. The minimum Gasteiger partial charge on any atom is -0.591 e. The molecule has 1 aromatic carbocycles. The Labute approximate surface area is 96.3 Å². The van der Waals surface area contributed by atoms with Gasteiger partial charge >= 0.3 is 37.6 Å². The summed E-state index contributed by atoms with van der Waals surface area (Å²) in [6.07, 6.45) is 0. The molecule has 1 atom stereocenters. The number of benzene rings is 1. The van der Waals surface area contributed by atoms with Crippen molar-refractivity contribution < 1.29 is 39.0 Å². The molecule has 0 bridgehead atoms. The largest absolute Gasteiger partial charge is 1.00 e. The number of hydrogen-bond acceptors (Lipinski definition) is 2. The molecule has 0 aliphatic heterocycles. The third-order valence-corrected chi connectivity index (χ3v) is 2.29. The summed E-state index contributed by atoms with van der Waals surface area (Å²) in [5.74, 6) is 0. The fraction of sp³-hybridized carbons (Fsp3) is 0. The minimum absolute atomic E-state index is 0. The van der Waals surface area contributed by atoms with Crippen molar-refractivity contribution in [2.24, 2.45) is 0 Å². The Hall–Kier alpha value is 0.760. The van der Waals surface area contributed by atoms with Crippen molar-refractivity contribution in [2.45, 2.75) is 0 Å². The molecule has 0 aliphatic rings. The summed E-state index contributed by atoms with van der Waals surface area (Å²) in [5.41, 5.74) is 0. The first-order valence-electron chi connectivity index (χ1n) is 2.60. The van der Waals surface area contributed by atoms with Crippen molar-refractivity contribution in [3.8, 4) is 0 Å². The van der Waals surface area contributed by atoms with Gasteiger partial charge in [-0.1, -0.05) is 20.5 Å². The molecular weight excluding hydrogens is 238 g/mol. The second-order valence-corrected chi connectivity index (χ2v) is 3.68. The van der Waals surface area contributed by atoms with E-state index in [0.29, 0.717) is 5.30 Å². The van der Waals surface area contributed by atoms with Crippen LogP contribution < -0.4 is 39.8 Å². The van der Waals surface area contributed by atoms with E-state index in [1.807, 2.05) is 0 Å². The van der Waals surface area contributed by atoms with Gasteiger partial charge in [-0.05, 0) is 24.3 Å². The van der Waals surface area contributed by atoms with Crippen molar-refractivity contribution in [2.75, 3.05) is 0 Å². The van der Waals surface area contributed by atoms with Gasteiger partial charge in [0.1, 0.15) is 0 Å². The molecule has 0 amide bonds. The van der Waals surface area contributed by atoms with Crippen LogP contribution in [0.4, 0.5) is 0 Å². The maximum atomic E-state index is 10.3. The third-order valence-electron chi connectivity index (χ3n) is 1.04. The van der Waals surface area contributed by atoms with Crippen molar-refractivity contribution in [3.63, 3.8) is 0 Å². The number of halogens is 1. The van der Waals surface area contributed by atoms with Crippen molar-refractivity contribution in [3.05, 3.63) is 28.7 Å². The molecule has 2 nitrogen and oxygen atoms in total. The summed E-state index contributed by atoms with van der Waals surface area (Å²) in [5, 5.41) is 0.346. The molecular formula is C6H4BrNaO2P+. The molecule has 11 heavy (non-hydrogen) atoms. The second kappa shape index (κ2) is 5.41. The van der Waals surface area contributed by atoms with Gasteiger partial charge in [-0.25, -0.2) is 0 Å². The Morgan fingerprint density at radius 3 is 2.09 bits per heavy atom. The molecule has 0 radical (unpaired) electrons. The van der Waals surface area contributed by atoms with E-state index in [1.54, 1.807) is 24.3 Å². The quantitative estimate of drug-likeness (QED) is 0.429. The van der Waals surface area contributed by atoms with Crippen molar-refractivity contribution in [1.82, 2.24) is 0 Å². The van der Waals surface area contributed by atoms with E-state index in [1.165, 1.54) is 0 Å². The van der Waals surface area contributed by atoms with Crippen LogP contribution in [0.2, 0.25) is 0 Å². The normalized spacial score (nSPS) is 10.2. The fourth-order valence-corrected chi connectivity index (χ4v) is 1.22. The standard InChI is InChI=1S/C6H4BrO2P.Na/c7-5-1-3-6(4-2-5)10(8)9;/h1-4H;/q;+1. The van der Waals surface area contributed by atoms with E-state index < -0.39 is 8.03 Å². The Morgan fingerprint density at radius 1 is 1.27 bits per heavy atom. The van der Waals surface area contributed by atoms with Crippen LogP contribution >= 0.6 is 24.0 Å². The van der Waals surface area contributed by atoms with Crippen molar-refractivity contribution >= 4 is 29.3 Å². The Balaban J connectivity index is 0.000001000. The monoisotopic (exact) mass is 241 g/mol. The van der Waals surface area contributed by atoms with Crippen LogP contribution in [-0.2, 0) is 4.57 Å². The van der Waals surface area contributed by atoms with E-state index in [-0.39, 0.29) is 29.6 Å². The number of rotatable bonds is 1. The Morgan fingerprint density at radius 2 is 1.73 bits per heavy atom.